The van der Waals surface area contributed by atoms with Gasteiger partial charge in [0.05, 0.1) is 18.3 Å². The van der Waals surface area contributed by atoms with E-state index < -0.39 is 11.9 Å². The summed E-state index contributed by atoms with van der Waals surface area (Å²) in [6, 6.07) is 9.69. The molecule has 0 saturated carbocycles. The summed E-state index contributed by atoms with van der Waals surface area (Å²) in [5.74, 6) is 0.432. The molecule has 0 fully saturated rings. The van der Waals surface area contributed by atoms with Gasteiger partial charge >= 0.3 is 5.97 Å². The summed E-state index contributed by atoms with van der Waals surface area (Å²) in [7, 11) is 0. The summed E-state index contributed by atoms with van der Waals surface area (Å²) in [4.78, 5) is 28.2. The fourth-order valence-corrected chi connectivity index (χ4v) is 5.79. The Bertz CT molecular complexity index is 1200. The number of hydrogen-bond acceptors (Lipinski definition) is 8. The van der Waals surface area contributed by atoms with Crippen LogP contribution in [0.15, 0.2) is 58.3 Å². The zero-order valence-corrected chi connectivity index (χ0v) is 20.9. The van der Waals surface area contributed by atoms with E-state index in [1.54, 1.807) is 11.3 Å². The molecule has 0 radical (unpaired) electrons. The van der Waals surface area contributed by atoms with Crippen molar-refractivity contribution in [3.63, 3.8) is 0 Å². The Morgan fingerprint density at radius 3 is 2.77 bits per heavy atom. The summed E-state index contributed by atoms with van der Waals surface area (Å²) in [5.41, 5.74) is 3.44. The van der Waals surface area contributed by atoms with Crippen LogP contribution in [0.25, 0.3) is 0 Å². The topological polar surface area (TPSA) is 83.1 Å². The molecular weight excluding hydrogens is 466 g/mol. The Hall–Kier alpha value is -3.10. The molecule has 0 saturated heterocycles. The molecule has 7 nitrogen and oxygen atoms in total. The van der Waals surface area contributed by atoms with Crippen LogP contribution in [0.2, 0.25) is 0 Å². The molecule has 5 rings (SSSR count). The van der Waals surface area contributed by atoms with Crippen LogP contribution < -0.4 is 14.8 Å². The highest BCUT2D eigenvalue weighted by molar-refractivity contribution is 7.10. The quantitative estimate of drug-likeness (QED) is 0.436. The van der Waals surface area contributed by atoms with Crippen LogP contribution in [0.5, 0.6) is 11.5 Å². The summed E-state index contributed by atoms with van der Waals surface area (Å²) in [5, 5.41) is 5.42. The van der Waals surface area contributed by atoms with Gasteiger partial charge in [0.1, 0.15) is 6.61 Å². The molecule has 2 aliphatic heterocycles. The first kappa shape index (κ1) is 23.6. The maximum Gasteiger partial charge on any atom is 0.336 e. The molecular formula is C27H29NO6S. The lowest BCUT2D eigenvalue weighted by molar-refractivity contribution is -0.141. The summed E-state index contributed by atoms with van der Waals surface area (Å²) in [6.45, 7) is 6.34. The molecule has 0 bridgehead atoms. The highest BCUT2D eigenvalue weighted by atomic mass is 32.1. The molecule has 1 aliphatic carbocycles. The number of nitrogens with one attached hydrogen (secondary N) is 1. The second kappa shape index (κ2) is 9.87. The molecule has 0 amide bonds. The Morgan fingerprint density at radius 1 is 1.17 bits per heavy atom. The molecule has 0 spiro atoms. The van der Waals surface area contributed by atoms with Gasteiger partial charge in [-0.1, -0.05) is 12.1 Å². The number of ether oxygens (including phenoxy) is 4. The van der Waals surface area contributed by atoms with Crippen molar-refractivity contribution in [1.29, 1.82) is 0 Å². The minimum Gasteiger partial charge on any atom is -0.460 e. The van der Waals surface area contributed by atoms with Crippen LogP contribution in [0.1, 0.15) is 55.9 Å². The van der Waals surface area contributed by atoms with E-state index in [-0.39, 0.29) is 31.2 Å². The van der Waals surface area contributed by atoms with Gasteiger partial charge in [-0.2, -0.15) is 0 Å². The molecule has 2 atom stereocenters. The van der Waals surface area contributed by atoms with E-state index in [0.29, 0.717) is 47.8 Å². The zero-order valence-electron chi connectivity index (χ0n) is 20.1. The minimum atomic E-state index is -0.545. The lowest BCUT2D eigenvalue weighted by atomic mass is 9.72. The van der Waals surface area contributed by atoms with Crippen molar-refractivity contribution in [3.05, 3.63) is 68.7 Å². The van der Waals surface area contributed by atoms with Crippen molar-refractivity contribution in [2.24, 2.45) is 0 Å². The van der Waals surface area contributed by atoms with E-state index >= 15 is 0 Å². The normalized spacial score (nSPS) is 21.3. The third-order valence-electron chi connectivity index (χ3n) is 6.49. The van der Waals surface area contributed by atoms with E-state index in [1.165, 1.54) is 4.88 Å². The first-order valence-corrected chi connectivity index (χ1v) is 12.8. The third-order valence-corrected chi connectivity index (χ3v) is 7.53. The van der Waals surface area contributed by atoms with Gasteiger partial charge in [0.2, 0.25) is 6.79 Å². The number of carbonyl (C=O) groups excluding carboxylic acids is 2. The fourth-order valence-electron chi connectivity index (χ4n) is 4.96. The number of ketones is 1. The van der Waals surface area contributed by atoms with Gasteiger partial charge in [0.15, 0.2) is 17.3 Å². The van der Waals surface area contributed by atoms with Crippen molar-refractivity contribution in [3.8, 4) is 11.5 Å². The van der Waals surface area contributed by atoms with Crippen LogP contribution in [0.3, 0.4) is 0 Å². The van der Waals surface area contributed by atoms with Crippen molar-refractivity contribution in [2.45, 2.75) is 51.6 Å². The number of hydrogen-bond donors (Lipinski definition) is 1. The van der Waals surface area contributed by atoms with Crippen molar-refractivity contribution >= 4 is 23.1 Å². The van der Waals surface area contributed by atoms with Crippen LogP contribution in [-0.4, -0.2) is 37.9 Å². The van der Waals surface area contributed by atoms with Crippen molar-refractivity contribution < 1.29 is 28.5 Å². The number of thiophene rings is 1. The first-order chi connectivity index (χ1) is 16.9. The van der Waals surface area contributed by atoms with Crippen molar-refractivity contribution in [1.82, 2.24) is 5.32 Å². The summed E-state index contributed by atoms with van der Waals surface area (Å²) >= 11 is 1.67. The van der Waals surface area contributed by atoms with Gasteiger partial charge in [-0.15, -0.1) is 11.3 Å². The highest BCUT2D eigenvalue weighted by Gasteiger charge is 2.42. The second-order valence-electron chi connectivity index (χ2n) is 9.20. The van der Waals surface area contributed by atoms with Crippen molar-refractivity contribution in [2.75, 3.05) is 20.0 Å². The zero-order chi connectivity index (χ0) is 24.5. The molecule has 1 aromatic heterocycles. The lowest BCUT2D eigenvalue weighted by Crippen LogP contribution is -2.36. The van der Waals surface area contributed by atoms with Gasteiger partial charge in [-0.3, -0.25) is 4.79 Å². The molecule has 0 unspecified atom stereocenters. The Morgan fingerprint density at radius 2 is 2.00 bits per heavy atom. The standard InChI is InChI=1S/C27H29NO6S/c1-15(2)31-8-9-32-27(30)24-16(3)28-19-11-18(23-5-4-10-35-23)12-20(29)26(19)25(24)17-6-7-21-22(13-17)34-14-33-21/h4-7,10,13,15,18,25,28H,8-9,11-12,14H2,1-3H3/t18-,25+/m0/s1. The maximum atomic E-state index is 13.6. The van der Waals surface area contributed by atoms with E-state index in [1.807, 2.05) is 50.4 Å². The average molecular weight is 496 g/mol. The Kier molecular flexibility index (Phi) is 6.67. The molecule has 3 aliphatic rings. The number of allylic oxidation sites excluding steroid dienone is 3. The van der Waals surface area contributed by atoms with Crippen LogP contribution in [0.4, 0.5) is 0 Å². The third kappa shape index (κ3) is 4.73. The average Bonchev–Trinajstić information content (AvgIpc) is 3.52. The smallest absolute Gasteiger partial charge is 0.336 e. The molecule has 8 heteroatoms. The number of dihydropyridines is 1. The van der Waals surface area contributed by atoms with Crippen LogP contribution in [0, 0.1) is 0 Å². The first-order valence-electron chi connectivity index (χ1n) is 11.9. The molecule has 184 valence electrons. The predicted octanol–water partition coefficient (Wildman–Crippen LogP) is 4.81. The molecule has 1 N–H and O–H groups in total. The monoisotopic (exact) mass is 495 g/mol. The van der Waals surface area contributed by atoms with Crippen LogP contribution >= 0.6 is 11.3 Å². The Balaban J connectivity index is 1.50. The largest absolute Gasteiger partial charge is 0.460 e. The van der Waals surface area contributed by atoms with E-state index in [4.69, 9.17) is 18.9 Å². The molecule has 1 aromatic carbocycles. The highest BCUT2D eigenvalue weighted by Crippen LogP contribution is 2.47. The lowest BCUT2D eigenvalue weighted by Gasteiger charge is -2.36. The molecule has 3 heterocycles. The van der Waals surface area contributed by atoms with E-state index in [2.05, 4.69) is 11.4 Å². The van der Waals surface area contributed by atoms with Gasteiger partial charge in [0, 0.05) is 40.1 Å². The number of carbonyl (C=O) groups is 2. The number of esters is 1. The van der Waals surface area contributed by atoms with Gasteiger partial charge in [-0.25, -0.2) is 4.79 Å². The number of fused-ring (bicyclic) bond motifs is 1. The predicted molar refractivity (Wildman–Crippen MR) is 132 cm³/mol. The second-order valence-corrected chi connectivity index (χ2v) is 10.2. The van der Waals surface area contributed by atoms with Gasteiger partial charge < -0.3 is 24.3 Å². The van der Waals surface area contributed by atoms with Gasteiger partial charge in [0.25, 0.3) is 0 Å². The summed E-state index contributed by atoms with van der Waals surface area (Å²) < 4.78 is 22.2. The SMILES string of the molecule is CC1=C(C(=O)OCCOC(C)C)[C@@H](c2ccc3c(c2)OCO3)C2=C(C[C@H](c3cccs3)CC2=O)N1. The van der Waals surface area contributed by atoms with E-state index in [9.17, 15) is 9.59 Å². The number of rotatable bonds is 7. The van der Waals surface area contributed by atoms with Gasteiger partial charge in [-0.05, 0) is 56.3 Å². The van der Waals surface area contributed by atoms with E-state index in [0.717, 1.165) is 11.3 Å². The maximum absolute atomic E-state index is 13.6. The summed E-state index contributed by atoms with van der Waals surface area (Å²) in [6.07, 6.45) is 1.17. The molecule has 2 aromatic rings. The molecule has 35 heavy (non-hydrogen) atoms. The van der Waals surface area contributed by atoms with Crippen LogP contribution in [-0.2, 0) is 19.1 Å². The minimum absolute atomic E-state index is 0.0424. The number of benzene rings is 1. The fraction of sp³-hybridized carbons (Fsp3) is 0.407. The Labute approximate surface area is 208 Å². The number of Topliss-reactive ketones (excluding diaryl/α,β-unsaturated/α-hetero) is 1.